The molecule has 0 aromatic carbocycles. The molecule has 1 aromatic rings. The Morgan fingerprint density at radius 3 is 0.960 bits per heavy atom. The Morgan fingerprint density at radius 1 is 0.340 bits per heavy atom. The fourth-order valence-corrected chi connectivity index (χ4v) is 8.09. The van der Waals surface area contributed by atoms with E-state index in [1.54, 1.807) is 5.82 Å². The average Bonchev–Trinajstić information content (AvgIpc) is 3.51. The van der Waals surface area contributed by atoms with Crippen molar-refractivity contribution in [2.24, 2.45) is 0 Å². The summed E-state index contributed by atoms with van der Waals surface area (Å²) < 4.78 is 5.30. The Hall–Kier alpha value is -0.790. The van der Waals surface area contributed by atoms with Gasteiger partial charge in [-0.25, -0.2) is 9.13 Å². The van der Waals surface area contributed by atoms with Gasteiger partial charge in [-0.1, -0.05) is 239 Å². The van der Waals surface area contributed by atoms with E-state index in [1.807, 2.05) is 0 Å². The van der Waals surface area contributed by atoms with Crippen LogP contribution in [0.25, 0.3) is 0 Å². The largest absolute Gasteiger partial charge is 0.256 e. The van der Waals surface area contributed by atoms with Crippen molar-refractivity contribution in [3.63, 3.8) is 0 Å². The highest BCUT2D eigenvalue weighted by atomic mass is 15.1. The van der Waals surface area contributed by atoms with Gasteiger partial charge in [-0.15, -0.1) is 0 Å². The van der Waals surface area contributed by atoms with E-state index in [0.29, 0.717) is 0 Å². The highest BCUT2D eigenvalue weighted by molar-refractivity contribution is 4.84. The van der Waals surface area contributed by atoms with Crippen LogP contribution in [0.2, 0.25) is 0 Å². The van der Waals surface area contributed by atoms with Crippen LogP contribution in [0.5, 0.6) is 0 Å². The molecule has 2 heteroatoms. The van der Waals surface area contributed by atoms with Crippen LogP contribution in [0.1, 0.15) is 277 Å². The van der Waals surface area contributed by atoms with Gasteiger partial charge in [-0.3, -0.25) is 0 Å². The minimum atomic E-state index is 1.23. The molecule has 50 heavy (non-hydrogen) atoms. The smallest absolute Gasteiger partial charge is 0.234 e. The van der Waals surface area contributed by atoms with Crippen molar-refractivity contribution < 1.29 is 4.57 Å². The van der Waals surface area contributed by atoms with Crippen molar-refractivity contribution in [2.45, 2.75) is 291 Å². The number of rotatable bonds is 42. The van der Waals surface area contributed by atoms with E-state index in [1.165, 1.54) is 270 Å². The second-order valence-corrected chi connectivity index (χ2v) is 16.6. The maximum absolute atomic E-state index is 2.65. The molecule has 0 unspecified atom stereocenters. The van der Waals surface area contributed by atoms with Crippen LogP contribution >= 0.6 is 0 Å². The van der Waals surface area contributed by atoms with Crippen LogP contribution in [0.3, 0.4) is 0 Å². The third-order valence-electron chi connectivity index (χ3n) is 11.6. The Bertz CT molecular complexity index is 766. The third kappa shape index (κ3) is 30.8. The average molecular weight is 700 g/mol. The topological polar surface area (TPSA) is 8.81 Å². The molecule has 0 aliphatic carbocycles. The summed E-state index contributed by atoms with van der Waals surface area (Å²) >= 11 is 0. The molecule has 0 spiro atoms. The first kappa shape index (κ1) is 47.2. The molecule has 0 radical (unpaired) electrons. The predicted molar refractivity (Wildman–Crippen MR) is 225 cm³/mol. The van der Waals surface area contributed by atoms with Crippen molar-refractivity contribution in [3.8, 4) is 0 Å². The molecule has 1 heterocycles. The zero-order valence-corrected chi connectivity index (χ0v) is 35.2. The fraction of sp³-hybridized carbons (Fsp3) is 0.938. The first-order valence-corrected chi connectivity index (χ1v) is 23.9. The molecule has 0 N–H and O–H groups in total. The van der Waals surface area contributed by atoms with E-state index in [0.717, 1.165) is 0 Å². The standard InChI is InChI=1S/C48H95N2/c1-4-7-10-13-16-19-21-23-24-25-26-27-29-31-34-37-40-43-48-49(44-41-38-35-32-18-15-12-9-6-3)46-47-50(48)45-42-39-36-33-30-28-22-20-17-14-11-8-5-2/h46-47H,4-45H2,1-3H3/q+1. The quantitative estimate of drug-likeness (QED) is 0.0474. The number of aryl methyl sites for hydroxylation is 2. The van der Waals surface area contributed by atoms with Gasteiger partial charge in [0.1, 0.15) is 12.4 Å². The lowest BCUT2D eigenvalue weighted by molar-refractivity contribution is -0.704. The number of nitrogens with zero attached hydrogens (tertiary/aromatic N) is 2. The molecule has 0 amide bonds. The molecule has 1 aromatic heterocycles. The molecule has 296 valence electrons. The molecule has 1 rings (SSSR count). The van der Waals surface area contributed by atoms with Crippen LogP contribution in [0.4, 0.5) is 0 Å². The van der Waals surface area contributed by atoms with Gasteiger partial charge in [0, 0.05) is 6.42 Å². The Balaban J connectivity index is 2.23. The van der Waals surface area contributed by atoms with Crippen molar-refractivity contribution in [3.05, 3.63) is 18.2 Å². The number of hydrogen-bond acceptors (Lipinski definition) is 0. The summed E-state index contributed by atoms with van der Waals surface area (Å²) in [4.78, 5) is 0. The van der Waals surface area contributed by atoms with Crippen molar-refractivity contribution >= 4 is 0 Å². The summed E-state index contributed by atoms with van der Waals surface area (Å²) in [7, 11) is 0. The van der Waals surface area contributed by atoms with Gasteiger partial charge in [0.2, 0.25) is 0 Å². The first-order valence-electron chi connectivity index (χ1n) is 23.9. The lowest BCUT2D eigenvalue weighted by Gasteiger charge is -2.07. The Kier molecular flexibility index (Phi) is 37.2. The van der Waals surface area contributed by atoms with Crippen LogP contribution < -0.4 is 4.57 Å². The maximum atomic E-state index is 2.65. The van der Waals surface area contributed by atoms with Gasteiger partial charge in [-0.2, -0.15) is 0 Å². The number of imidazole rings is 1. The second-order valence-electron chi connectivity index (χ2n) is 16.6. The first-order chi connectivity index (χ1) is 24.8. The lowest BCUT2D eigenvalue weighted by Crippen LogP contribution is -2.37. The molecule has 0 fully saturated rings. The van der Waals surface area contributed by atoms with E-state index >= 15 is 0 Å². The molecule has 0 saturated carbocycles. The normalized spacial score (nSPS) is 11.7. The monoisotopic (exact) mass is 700 g/mol. The summed E-state index contributed by atoms with van der Waals surface area (Å²) in [5.41, 5.74) is 0. The van der Waals surface area contributed by atoms with Gasteiger partial charge >= 0.3 is 0 Å². The Labute approximate surface area is 317 Å². The zero-order valence-electron chi connectivity index (χ0n) is 35.2. The van der Waals surface area contributed by atoms with E-state index in [4.69, 9.17) is 0 Å². The van der Waals surface area contributed by atoms with Crippen molar-refractivity contribution in [1.29, 1.82) is 0 Å². The van der Waals surface area contributed by atoms with E-state index in [-0.39, 0.29) is 0 Å². The van der Waals surface area contributed by atoms with Gasteiger partial charge in [0.05, 0.1) is 13.1 Å². The summed E-state index contributed by atoms with van der Waals surface area (Å²) in [5.74, 6) is 1.63. The molecule has 0 saturated heterocycles. The van der Waals surface area contributed by atoms with Crippen LogP contribution in [0, 0.1) is 0 Å². The molecular formula is C48H95N2+. The van der Waals surface area contributed by atoms with Crippen LogP contribution in [-0.2, 0) is 19.5 Å². The summed E-state index contributed by atoms with van der Waals surface area (Å²) in [6.45, 7) is 9.41. The number of hydrogen-bond donors (Lipinski definition) is 0. The summed E-state index contributed by atoms with van der Waals surface area (Å²) in [6, 6.07) is 0. The third-order valence-corrected chi connectivity index (χ3v) is 11.6. The Morgan fingerprint density at radius 2 is 0.620 bits per heavy atom. The van der Waals surface area contributed by atoms with Crippen molar-refractivity contribution in [1.82, 2.24) is 4.57 Å². The SMILES string of the molecule is CCCCCCCCCCCCCCCCCCCc1n(CCCCCCCCCCC)cc[n+]1CCCCCCCCCCCCCCC. The molecular weight excluding hydrogens is 605 g/mol. The van der Waals surface area contributed by atoms with Gasteiger partial charge < -0.3 is 0 Å². The molecule has 2 nitrogen and oxygen atoms in total. The number of unbranched alkanes of at least 4 members (excludes halogenated alkanes) is 36. The predicted octanol–water partition coefficient (Wildman–Crippen LogP) is 16.6. The molecule has 0 aliphatic heterocycles. The molecule has 0 atom stereocenters. The van der Waals surface area contributed by atoms with Crippen LogP contribution in [-0.4, -0.2) is 4.57 Å². The zero-order chi connectivity index (χ0) is 35.8. The minimum absolute atomic E-state index is 1.23. The van der Waals surface area contributed by atoms with Gasteiger partial charge in [0.15, 0.2) is 0 Å². The minimum Gasteiger partial charge on any atom is -0.234 e. The maximum Gasteiger partial charge on any atom is 0.256 e. The van der Waals surface area contributed by atoms with Crippen LogP contribution in [0.15, 0.2) is 12.4 Å². The van der Waals surface area contributed by atoms with Gasteiger partial charge in [-0.05, 0) is 32.1 Å². The van der Waals surface area contributed by atoms with E-state index in [2.05, 4.69) is 42.3 Å². The lowest BCUT2D eigenvalue weighted by atomic mass is 10.0. The summed E-state index contributed by atoms with van der Waals surface area (Å²) in [5, 5.41) is 0. The molecule has 0 aliphatic rings. The van der Waals surface area contributed by atoms with E-state index < -0.39 is 0 Å². The number of aromatic nitrogens is 2. The fourth-order valence-electron chi connectivity index (χ4n) is 8.09. The van der Waals surface area contributed by atoms with E-state index in [9.17, 15) is 0 Å². The second kappa shape index (κ2) is 39.4. The highest BCUT2D eigenvalue weighted by Crippen LogP contribution is 2.17. The highest BCUT2D eigenvalue weighted by Gasteiger charge is 2.16. The van der Waals surface area contributed by atoms with Gasteiger partial charge in [0.25, 0.3) is 5.82 Å². The summed E-state index contributed by atoms with van der Waals surface area (Å²) in [6.07, 6.45) is 62.3. The molecule has 0 bridgehead atoms. The van der Waals surface area contributed by atoms with Crippen molar-refractivity contribution in [2.75, 3.05) is 0 Å².